The third-order valence-corrected chi connectivity index (χ3v) is 1.81. The standard InChI is InChI=1S/C6H10N2O4S/c1-3(9)7-2-4(6(10)11)5(13)8-12/h4-5,13H,2H2,1H3,(H,7,9)(H,10,11). The molecule has 0 bridgehead atoms. The summed E-state index contributed by atoms with van der Waals surface area (Å²) in [4.78, 5) is 31.0. The minimum absolute atomic E-state index is 0.148. The first-order chi connectivity index (χ1) is 5.99. The largest absolute Gasteiger partial charge is 0.481 e. The molecule has 0 spiro atoms. The summed E-state index contributed by atoms with van der Waals surface area (Å²) in [5.41, 5.74) is 0. The number of amides is 1. The molecule has 2 N–H and O–H groups in total. The van der Waals surface area contributed by atoms with Gasteiger partial charge in [-0.3, -0.25) is 9.59 Å². The molecular formula is C6H10N2O4S. The first-order valence-corrected chi connectivity index (χ1v) is 3.98. The van der Waals surface area contributed by atoms with Gasteiger partial charge in [-0.2, -0.15) is 0 Å². The zero-order valence-electron chi connectivity index (χ0n) is 6.93. The predicted molar refractivity (Wildman–Crippen MR) is 48.4 cm³/mol. The van der Waals surface area contributed by atoms with E-state index in [-0.39, 0.29) is 12.5 Å². The van der Waals surface area contributed by atoms with E-state index in [1.807, 2.05) is 0 Å². The van der Waals surface area contributed by atoms with E-state index in [0.717, 1.165) is 0 Å². The Kier molecular flexibility index (Phi) is 5.05. The van der Waals surface area contributed by atoms with Crippen molar-refractivity contribution < 1.29 is 14.7 Å². The molecule has 0 aliphatic carbocycles. The van der Waals surface area contributed by atoms with Crippen LogP contribution in [-0.2, 0) is 9.59 Å². The molecule has 1 amide bonds. The van der Waals surface area contributed by atoms with E-state index < -0.39 is 17.3 Å². The van der Waals surface area contributed by atoms with Crippen LogP contribution in [0.1, 0.15) is 6.92 Å². The van der Waals surface area contributed by atoms with Gasteiger partial charge in [-0.1, -0.05) is 5.18 Å². The SMILES string of the molecule is CC(=O)NCC(C(=O)O)C(S)N=O. The fourth-order valence-electron chi connectivity index (χ4n) is 0.647. The summed E-state index contributed by atoms with van der Waals surface area (Å²) in [6, 6.07) is 0. The van der Waals surface area contributed by atoms with Gasteiger partial charge >= 0.3 is 5.97 Å². The summed E-state index contributed by atoms with van der Waals surface area (Å²) in [5, 5.41) is 12.2. The van der Waals surface area contributed by atoms with Gasteiger partial charge in [0.1, 0.15) is 11.3 Å². The number of nitrogens with one attached hydrogen (secondary N) is 1. The van der Waals surface area contributed by atoms with Crippen LogP contribution in [0.25, 0.3) is 0 Å². The van der Waals surface area contributed by atoms with Gasteiger partial charge in [0, 0.05) is 13.5 Å². The molecule has 0 heterocycles. The number of rotatable bonds is 5. The molecule has 0 aromatic heterocycles. The molecule has 2 atom stereocenters. The normalized spacial score (nSPS) is 14.3. The van der Waals surface area contributed by atoms with Gasteiger partial charge in [-0.05, 0) is 0 Å². The van der Waals surface area contributed by atoms with Crippen LogP contribution in [-0.4, -0.2) is 28.9 Å². The van der Waals surface area contributed by atoms with Gasteiger partial charge in [0.25, 0.3) is 0 Å². The lowest BCUT2D eigenvalue weighted by atomic mass is 10.1. The second kappa shape index (κ2) is 5.52. The Balaban J connectivity index is 4.18. The van der Waals surface area contributed by atoms with Crippen LogP contribution in [0.4, 0.5) is 0 Å². The molecule has 0 aromatic rings. The van der Waals surface area contributed by atoms with Crippen molar-refractivity contribution in [3.8, 4) is 0 Å². The van der Waals surface area contributed by atoms with Gasteiger partial charge in [-0.15, -0.1) is 17.5 Å². The topological polar surface area (TPSA) is 95.8 Å². The van der Waals surface area contributed by atoms with E-state index >= 15 is 0 Å². The lowest BCUT2D eigenvalue weighted by Gasteiger charge is -2.12. The summed E-state index contributed by atoms with van der Waals surface area (Å²) >= 11 is 3.66. The number of aliphatic carboxylic acids is 1. The molecule has 74 valence electrons. The van der Waals surface area contributed by atoms with E-state index in [0.29, 0.717) is 0 Å². The molecular weight excluding hydrogens is 196 g/mol. The molecule has 0 aliphatic heterocycles. The van der Waals surface area contributed by atoms with Crippen LogP contribution in [0.2, 0.25) is 0 Å². The molecule has 0 fully saturated rings. The number of carboxylic acid groups (broad SMARTS) is 1. The molecule has 6 nitrogen and oxygen atoms in total. The fourth-order valence-corrected chi connectivity index (χ4v) is 0.880. The smallest absolute Gasteiger partial charge is 0.311 e. The minimum Gasteiger partial charge on any atom is -0.481 e. The molecule has 0 aliphatic rings. The van der Waals surface area contributed by atoms with Gasteiger partial charge in [0.05, 0.1) is 0 Å². The van der Waals surface area contributed by atoms with E-state index in [1.165, 1.54) is 6.92 Å². The lowest BCUT2D eigenvalue weighted by Crippen LogP contribution is -2.35. The molecule has 2 unspecified atom stereocenters. The highest BCUT2D eigenvalue weighted by molar-refractivity contribution is 7.81. The molecule has 13 heavy (non-hydrogen) atoms. The number of nitroso groups, excluding NO2 is 1. The van der Waals surface area contributed by atoms with E-state index in [1.54, 1.807) is 0 Å². The minimum atomic E-state index is -1.21. The van der Waals surface area contributed by atoms with Gasteiger partial charge < -0.3 is 10.4 Å². The van der Waals surface area contributed by atoms with Crippen LogP contribution in [0, 0.1) is 10.8 Å². The summed E-state index contributed by atoms with van der Waals surface area (Å²) in [6.07, 6.45) is 0. The first kappa shape index (κ1) is 11.9. The lowest BCUT2D eigenvalue weighted by molar-refractivity contribution is -0.141. The number of carbonyl (C=O) groups is 2. The quantitative estimate of drug-likeness (QED) is 0.430. The summed E-state index contributed by atoms with van der Waals surface area (Å²) in [5.74, 6) is -2.67. The summed E-state index contributed by atoms with van der Waals surface area (Å²) in [6.45, 7) is 1.10. The maximum absolute atomic E-state index is 10.5. The van der Waals surface area contributed by atoms with Crippen molar-refractivity contribution in [2.75, 3.05) is 6.54 Å². The van der Waals surface area contributed by atoms with Crippen molar-refractivity contribution in [2.24, 2.45) is 11.1 Å². The number of hydrogen-bond acceptors (Lipinski definition) is 5. The number of nitrogens with zero attached hydrogens (tertiary/aromatic N) is 1. The first-order valence-electron chi connectivity index (χ1n) is 3.46. The highest BCUT2D eigenvalue weighted by atomic mass is 32.1. The zero-order valence-corrected chi connectivity index (χ0v) is 7.82. The highest BCUT2D eigenvalue weighted by Crippen LogP contribution is 2.10. The van der Waals surface area contributed by atoms with Crippen LogP contribution in [0.15, 0.2) is 5.18 Å². The van der Waals surface area contributed by atoms with Crippen LogP contribution >= 0.6 is 12.6 Å². The number of thiol groups is 1. The second-order valence-electron chi connectivity index (χ2n) is 2.40. The Morgan fingerprint density at radius 2 is 2.15 bits per heavy atom. The fraction of sp³-hybridized carbons (Fsp3) is 0.667. The molecule has 0 radical (unpaired) electrons. The number of carboxylic acids is 1. The Bertz CT molecular complexity index is 221. The monoisotopic (exact) mass is 206 g/mol. The van der Waals surface area contributed by atoms with Crippen molar-refractivity contribution in [3.63, 3.8) is 0 Å². The Labute approximate surface area is 80.1 Å². The number of hydrogen-bond donors (Lipinski definition) is 3. The Morgan fingerprint density at radius 3 is 2.46 bits per heavy atom. The van der Waals surface area contributed by atoms with E-state index in [9.17, 15) is 14.5 Å². The molecule has 0 rings (SSSR count). The van der Waals surface area contributed by atoms with Gasteiger partial charge in [0.15, 0.2) is 0 Å². The molecule has 0 aromatic carbocycles. The second-order valence-corrected chi connectivity index (χ2v) is 2.93. The van der Waals surface area contributed by atoms with Crippen LogP contribution in [0.5, 0.6) is 0 Å². The van der Waals surface area contributed by atoms with Crippen LogP contribution in [0.3, 0.4) is 0 Å². The summed E-state index contributed by atoms with van der Waals surface area (Å²) in [7, 11) is 0. The van der Waals surface area contributed by atoms with Crippen molar-refractivity contribution in [1.82, 2.24) is 5.32 Å². The molecule has 7 heteroatoms. The average molecular weight is 206 g/mol. The number of carbonyl (C=O) groups excluding carboxylic acids is 1. The molecule has 0 saturated carbocycles. The van der Waals surface area contributed by atoms with Crippen molar-refractivity contribution >= 4 is 24.5 Å². The van der Waals surface area contributed by atoms with Crippen molar-refractivity contribution in [3.05, 3.63) is 4.91 Å². The maximum Gasteiger partial charge on any atom is 0.311 e. The van der Waals surface area contributed by atoms with Crippen LogP contribution < -0.4 is 5.32 Å². The van der Waals surface area contributed by atoms with Crippen molar-refractivity contribution in [2.45, 2.75) is 12.3 Å². The van der Waals surface area contributed by atoms with Crippen molar-refractivity contribution in [1.29, 1.82) is 0 Å². The Morgan fingerprint density at radius 1 is 1.62 bits per heavy atom. The van der Waals surface area contributed by atoms with E-state index in [2.05, 4.69) is 23.1 Å². The van der Waals surface area contributed by atoms with E-state index in [4.69, 9.17) is 5.11 Å². The summed E-state index contributed by atoms with van der Waals surface area (Å²) < 4.78 is 0. The van der Waals surface area contributed by atoms with Gasteiger partial charge in [0.2, 0.25) is 5.91 Å². The maximum atomic E-state index is 10.5. The highest BCUT2D eigenvalue weighted by Gasteiger charge is 2.26. The third-order valence-electron chi connectivity index (χ3n) is 1.36. The third kappa shape index (κ3) is 4.46. The predicted octanol–water partition coefficient (Wildman–Crippen LogP) is -0.154. The zero-order chi connectivity index (χ0) is 10.4. The Hall–Kier alpha value is -1.11. The van der Waals surface area contributed by atoms with Gasteiger partial charge in [-0.25, -0.2) is 0 Å². The average Bonchev–Trinajstić information content (AvgIpc) is 2.03. The molecule has 0 saturated heterocycles.